The van der Waals surface area contributed by atoms with Crippen LogP contribution in [0.25, 0.3) is 0 Å². The number of hydrogen-bond donors (Lipinski definition) is 1. The molecule has 0 bridgehead atoms. The Balaban J connectivity index is 1.90. The van der Waals surface area contributed by atoms with Crippen molar-refractivity contribution in [2.75, 3.05) is 0 Å². The summed E-state index contributed by atoms with van der Waals surface area (Å²) in [6.07, 6.45) is 0. The molecule has 1 saturated heterocycles. The number of carbonyl (C=O) groups excluding carboxylic acids is 2. The van der Waals surface area contributed by atoms with E-state index < -0.39 is 5.54 Å². The Morgan fingerprint density at radius 1 is 1.09 bits per heavy atom. The van der Waals surface area contributed by atoms with Crippen molar-refractivity contribution in [1.29, 1.82) is 0 Å². The fourth-order valence-electron chi connectivity index (χ4n) is 2.72. The van der Waals surface area contributed by atoms with Crippen molar-refractivity contribution in [2.24, 2.45) is 0 Å². The number of hydrogen-bond acceptors (Lipinski definition) is 2. The summed E-state index contributed by atoms with van der Waals surface area (Å²) in [7, 11) is 0. The van der Waals surface area contributed by atoms with Crippen molar-refractivity contribution in [3.8, 4) is 0 Å². The van der Waals surface area contributed by atoms with Crippen LogP contribution in [0.1, 0.15) is 23.6 Å². The normalized spacial score (nSPS) is 20.7. The number of benzene rings is 2. The predicted octanol–water partition coefficient (Wildman–Crippen LogP) is 3.72. The molecule has 118 valence electrons. The lowest BCUT2D eigenvalue weighted by Gasteiger charge is -2.22. The average Bonchev–Trinajstić information content (AvgIpc) is 2.74. The molecule has 4 nitrogen and oxygen atoms in total. The summed E-state index contributed by atoms with van der Waals surface area (Å²) in [5.74, 6) is -0.234. The summed E-state index contributed by atoms with van der Waals surface area (Å²) in [5, 5.41) is 2.83. The highest BCUT2D eigenvalue weighted by Crippen LogP contribution is 2.30. The van der Waals surface area contributed by atoms with E-state index in [1.165, 1.54) is 4.90 Å². The van der Waals surface area contributed by atoms with Crippen molar-refractivity contribution in [2.45, 2.75) is 25.9 Å². The lowest BCUT2D eigenvalue weighted by molar-refractivity contribution is -0.131. The highest BCUT2D eigenvalue weighted by atomic mass is 79.9. The van der Waals surface area contributed by atoms with E-state index in [9.17, 15) is 9.59 Å². The number of nitrogens with zero attached hydrogens (tertiary/aromatic N) is 1. The first-order valence-corrected chi connectivity index (χ1v) is 8.16. The van der Waals surface area contributed by atoms with Crippen molar-refractivity contribution >= 4 is 27.9 Å². The Bertz CT molecular complexity index is 773. The van der Waals surface area contributed by atoms with Gasteiger partial charge in [-0.05, 0) is 31.0 Å². The number of rotatable bonds is 3. The predicted molar refractivity (Wildman–Crippen MR) is 91.8 cm³/mol. The van der Waals surface area contributed by atoms with Gasteiger partial charge in [-0.1, -0.05) is 64.0 Å². The molecule has 0 radical (unpaired) electrons. The van der Waals surface area contributed by atoms with Gasteiger partial charge in [-0.15, -0.1) is 0 Å². The average molecular weight is 373 g/mol. The Kier molecular flexibility index (Phi) is 3.98. The second-order valence-corrected chi connectivity index (χ2v) is 6.76. The van der Waals surface area contributed by atoms with Crippen LogP contribution in [-0.2, 0) is 16.9 Å². The maximum absolute atomic E-state index is 12.9. The third-order valence-electron chi connectivity index (χ3n) is 4.19. The van der Waals surface area contributed by atoms with E-state index >= 15 is 0 Å². The number of halogens is 1. The van der Waals surface area contributed by atoms with Gasteiger partial charge in [0, 0.05) is 4.47 Å². The molecule has 3 amide bonds. The van der Waals surface area contributed by atoms with Crippen molar-refractivity contribution < 1.29 is 9.59 Å². The van der Waals surface area contributed by atoms with Crippen LogP contribution in [-0.4, -0.2) is 16.8 Å². The van der Waals surface area contributed by atoms with Crippen LogP contribution < -0.4 is 5.32 Å². The SMILES string of the molecule is Cc1ccc([C@@]2(C)NC(=O)N(Cc3ccccc3Br)C2=O)cc1. The summed E-state index contributed by atoms with van der Waals surface area (Å²) in [4.78, 5) is 26.5. The van der Waals surface area contributed by atoms with Crippen molar-refractivity contribution in [1.82, 2.24) is 10.2 Å². The maximum atomic E-state index is 12.9. The minimum atomic E-state index is -1.02. The number of nitrogens with one attached hydrogen (secondary N) is 1. The molecule has 0 aliphatic carbocycles. The van der Waals surface area contributed by atoms with Gasteiger partial charge in [-0.2, -0.15) is 0 Å². The van der Waals surface area contributed by atoms with Gasteiger partial charge in [0.1, 0.15) is 5.54 Å². The van der Waals surface area contributed by atoms with Gasteiger partial charge in [0.05, 0.1) is 6.54 Å². The second-order valence-electron chi connectivity index (χ2n) is 5.90. The van der Waals surface area contributed by atoms with Gasteiger partial charge < -0.3 is 5.32 Å². The van der Waals surface area contributed by atoms with Gasteiger partial charge in [0.25, 0.3) is 5.91 Å². The first kappa shape index (κ1) is 15.7. The zero-order valence-corrected chi connectivity index (χ0v) is 14.6. The molecule has 2 aromatic rings. The highest BCUT2D eigenvalue weighted by Gasteiger charge is 2.48. The first-order chi connectivity index (χ1) is 10.9. The van der Waals surface area contributed by atoms with E-state index in [2.05, 4.69) is 21.2 Å². The molecule has 0 unspecified atom stereocenters. The third kappa shape index (κ3) is 2.77. The van der Waals surface area contributed by atoms with Crippen LogP contribution in [0.3, 0.4) is 0 Å². The zero-order chi connectivity index (χ0) is 16.6. The molecule has 3 rings (SSSR count). The molecule has 1 fully saturated rings. The monoisotopic (exact) mass is 372 g/mol. The molecule has 1 aliphatic heterocycles. The number of aryl methyl sites for hydroxylation is 1. The number of carbonyl (C=O) groups is 2. The minimum absolute atomic E-state index is 0.234. The molecule has 0 saturated carbocycles. The number of amides is 3. The van der Waals surface area contributed by atoms with Gasteiger partial charge in [0.15, 0.2) is 0 Å². The molecule has 1 heterocycles. The van der Waals surface area contributed by atoms with E-state index in [0.717, 1.165) is 21.2 Å². The first-order valence-electron chi connectivity index (χ1n) is 7.36. The zero-order valence-electron chi connectivity index (χ0n) is 13.0. The van der Waals surface area contributed by atoms with E-state index in [1.807, 2.05) is 55.5 Å². The summed E-state index contributed by atoms with van der Waals surface area (Å²) in [6.45, 7) is 3.98. The van der Waals surface area contributed by atoms with Crippen LogP contribution in [0, 0.1) is 6.92 Å². The Labute approximate surface area is 143 Å². The van der Waals surface area contributed by atoms with Crippen LogP contribution in [0.15, 0.2) is 53.0 Å². The smallest absolute Gasteiger partial charge is 0.319 e. The molecule has 1 N–H and O–H groups in total. The maximum Gasteiger partial charge on any atom is 0.325 e. The molecule has 23 heavy (non-hydrogen) atoms. The molecule has 1 aliphatic rings. The van der Waals surface area contributed by atoms with Crippen LogP contribution in [0.4, 0.5) is 4.79 Å². The molecular weight excluding hydrogens is 356 g/mol. The van der Waals surface area contributed by atoms with Crippen LogP contribution in [0.5, 0.6) is 0 Å². The van der Waals surface area contributed by atoms with Crippen LogP contribution in [0.2, 0.25) is 0 Å². The fraction of sp³-hybridized carbons (Fsp3) is 0.222. The van der Waals surface area contributed by atoms with Crippen LogP contribution >= 0.6 is 15.9 Å². The standard InChI is InChI=1S/C18H17BrN2O2/c1-12-7-9-14(10-8-12)18(2)16(22)21(17(23)20-18)11-13-5-3-4-6-15(13)19/h3-10H,11H2,1-2H3,(H,20,23)/t18-/m1/s1. The minimum Gasteiger partial charge on any atom is -0.319 e. The molecular formula is C18H17BrN2O2. The molecule has 1 atom stereocenters. The summed E-state index contributed by atoms with van der Waals surface area (Å²) < 4.78 is 0.879. The third-order valence-corrected chi connectivity index (χ3v) is 4.96. The lowest BCUT2D eigenvalue weighted by Crippen LogP contribution is -2.40. The van der Waals surface area contributed by atoms with E-state index in [0.29, 0.717) is 0 Å². The van der Waals surface area contributed by atoms with E-state index in [-0.39, 0.29) is 18.5 Å². The topological polar surface area (TPSA) is 49.4 Å². The molecule has 2 aromatic carbocycles. The summed E-state index contributed by atoms with van der Waals surface area (Å²) >= 11 is 3.46. The fourth-order valence-corrected chi connectivity index (χ4v) is 3.13. The van der Waals surface area contributed by atoms with Gasteiger partial charge in [-0.3, -0.25) is 9.69 Å². The Hall–Kier alpha value is -2.14. The van der Waals surface area contributed by atoms with Crippen molar-refractivity contribution in [3.63, 3.8) is 0 Å². The molecule has 5 heteroatoms. The quantitative estimate of drug-likeness (QED) is 0.834. The second kappa shape index (κ2) is 5.81. The van der Waals surface area contributed by atoms with Crippen molar-refractivity contribution in [3.05, 3.63) is 69.7 Å². The Morgan fingerprint density at radius 3 is 2.39 bits per heavy atom. The lowest BCUT2D eigenvalue weighted by atomic mass is 9.91. The molecule has 0 spiro atoms. The van der Waals surface area contributed by atoms with Gasteiger partial charge in [0.2, 0.25) is 0 Å². The Morgan fingerprint density at radius 2 is 1.74 bits per heavy atom. The number of imide groups is 1. The van der Waals surface area contributed by atoms with Gasteiger partial charge in [-0.25, -0.2) is 4.79 Å². The summed E-state index contributed by atoms with van der Waals surface area (Å²) in [6, 6.07) is 14.9. The van der Waals surface area contributed by atoms with E-state index in [1.54, 1.807) is 6.92 Å². The number of urea groups is 1. The van der Waals surface area contributed by atoms with E-state index in [4.69, 9.17) is 0 Å². The highest BCUT2D eigenvalue weighted by molar-refractivity contribution is 9.10. The van der Waals surface area contributed by atoms with Gasteiger partial charge >= 0.3 is 6.03 Å². The summed E-state index contributed by atoms with van der Waals surface area (Å²) in [5.41, 5.74) is 1.77. The molecule has 0 aromatic heterocycles. The largest absolute Gasteiger partial charge is 0.325 e.